The molecule has 5 rings (SSSR count). The number of alkyl halides is 2. The van der Waals surface area contributed by atoms with Crippen LogP contribution >= 0.6 is 0 Å². The van der Waals surface area contributed by atoms with Crippen LogP contribution in [0.15, 0.2) is 28.3 Å². The molecule has 5 nitrogen and oxygen atoms in total. The van der Waals surface area contributed by atoms with Gasteiger partial charge >= 0.3 is 0 Å². The molecule has 28 heavy (non-hydrogen) atoms. The fourth-order valence-electron chi connectivity index (χ4n) is 4.72. The molecular weight excluding hydrogens is 362 g/mol. The predicted octanol–water partition coefficient (Wildman–Crippen LogP) is 3.59. The fourth-order valence-corrected chi connectivity index (χ4v) is 4.72. The maximum atomic E-state index is 14.0. The first-order valence-corrected chi connectivity index (χ1v) is 10.5. The fraction of sp³-hybridized carbons (Fsp3) is 0.714. The maximum Gasteiger partial charge on any atom is 0.263 e. The summed E-state index contributed by atoms with van der Waals surface area (Å²) in [5.41, 5.74) is 7.02. The highest BCUT2D eigenvalue weighted by molar-refractivity contribution is 5.27. The molecule has 0 aliphatic heterocycles. The Kier molecular flexibility index (Phi) is 4.43. The lowest BCUT2D eigenvalue weighted by atomic mass is 9.83. The number of allylic oxidation sites excluding steroid dienone is 3. The third-order valence-electron chi connectivity index (χ3n) is 7.02. The number of hydrogen-bond acceptors (Lipinski definition) is 5. The van der Waals surface area contributed by atoms with E-state index in [-0.39, 0.29) is 24.2 Å². The topological polar surface area (TPSA) is 77.0 Å². The second-order valence-corrected chi connectivity index (χ2v) is 9.12. The Bertz CT molecular complexity index is 798. The van der Waals surface area contributed by atoms with Gasteiger partial charge in [-0.1, -0.05) is 29.0 Å². The molecule has 0 aromatic carbocycles. The van der Waals surface area contributed by atoms with Crippen molar-refractivity contribution in [1.29, 1.82) is 0 Å². The van der Waals surface area contributed by atoms with Gasteiger partial charge in [-0.05, 0) is 50.9 Å². The van der Waals surface area contributed by atoms with E-state index >= 15 is 0 Å². The summed E-state index contributed by atoms with van der Waals surface area (Å²) in [6.07, 6.45) is 12.8. The second-order valence-electron chi connectivity index (χ2n) is 9.12. The number of nitrogens with two attached hydrogens (primary N) is 1. The summed E-state index contributed by atoms with van der Waals surface area (Å²) < 4.78 is 33.3. The van der Waals surface area contributed by atoms with E-state index in [0.29, 0.717) is 30.1 Å². The Balaban J connectivity index is 1.19. The standard InChI is InChI=1S/C21H28F2N4O/c22-21(23)11-14(6-7-17(21)24)18-26-19(27-28-18)20(8-9-20)12-25-16-10-15(16)13-4-2-1-3-5-13/h1-2,4,14-17,25H,3,5-12,24H2/t14?,15-,16+,17?/m0/s1. The Hall–Kier alpha value is -1.60. The SMILES string of the molecule is NC1CCC(c2nc(C3(CN[C@@H]4C[C@H]4C4=CC=CCC4)CC3)no2)CC1(F)F. The van der Waals surface area contributed by atoms with Crippen LogP contribution in [0.1, 0.15) is 69.0 Å². The number of rotatable bonds is 6. The van der Waals surface area contributed by atoms with Crippen molar-refractivity contribution in [2.45, 2.75) is 80.7 Å². The van der Waals surface area contributed by atoms with Gasteiger partial charge in [-0.2, -0.15) is 4.98 Å². The van der Waals surface area contributed by atoms with Crippen LogP contribution in [0, 0.1) is 5.92 Å². The zero-order valence-electron chi connectivity index (χ0n) is 16.0. The van der Waals surface area contributed by atoms with Crippen molar-refractivity contribution >= 4 is 0 Å². The number of aromatic nitrogens is 2. The van der Waals surface area contributed by atoms with Crippen molar-refractivity contribution < 1.29 is 13.3 Å². The Morgan fingerprint density at radius 3 is 2.86 bits per heavy atom. The highest BCUT2D eigenvalue weighted by Crippen LogP contribution is 2.49. The summed E-state index contributed by atoms with van der Waals surface area (Å²) >= 11 is 0. The van der Waals surface area contributed by atoms with Crippen molar-refractivity contribution in [3.8, 4) is 0 Å². The molecular formula is C21H28F2N4O. The molecule has 3 fully saturated rings. The molecule has 152 valence electrons. The van der Waals surface area contributed by atoms with Gasteiger partial charge in [-0.3, -0.25) is 0 Å². The normalized spacial score (nSPS) is 35.5. The minimum Gasteiger partial charge on any atom is -0.339 e. The first-order valence-electron chi connectivity index (χ1n) is 10.5. The molecule has 2 unspecified atom stereocenters. The zero-order valence-corrected chi connectivity index (χ0v) is 16.0. The van der Waals surface area contributed by atoms with Gasteiger partial charge < -0.3 is 15.6 Å². The summed E-state index contributed by atoms with van der Waals surface area (Å²) in [4.78, 5) is 4.55. The number of hydrogen-bond donors (Lipinski definition) is 2. The van der Waals surface area contributed by atoms with E-state index in [0.717, 1.165) is 25.8 Å². The summed E-state index contributed by atoms with van der Waals surface area (Å²) in [6, 6.07) is -0.522. The Morgan fingerprint density at radius 2 is 2.14 bits per heavy atom. The van der Waals surface area contributed by atoms with Crippen molar-refractivity contribution in [3.05, 3.63) is 35.5 Å². The van der Waals surface area contributed by atoms with Gasteiger partial charge in [0.2, 0.25) is 5.89 Å². The highest BCUT2D eigenvalue weighted by atomic mass is 19.3. The summed E-state index contributed by atoms with van der Waals surface area (Å²) in [6.45, 7) is 0.835. The molecule has 4 aliphatic carbocycles. The van der Waals surface area contributed by atoms with Crippen LogP contribution in [-0.2, 0) is 5.41 Å². The van der Waals surface area contributed by atoms with E-state index < -0.39 is 12.0 Å². The van der Waals surface area contributed by atoms with Crippen LogP contribution in [0.5, 0.6) is 0 Å². The molecule has 0 amide bonds. The minimum atomic E-state index is -2.86. The molecule has 3 N–H and O–H groups in total. The lowest BCUT2D eigenvalue weighted by Gasteiger charge is -2.32. The summed E-state index contributed by atoms with van der Waals surface area (Å²) in [5.74, 6) is -1.55. The Morgan fingerprint density at radius 1 is 1.29 bits per heavy atom. The third-order valence-corrected chi connectivity index (χ3v) is 7.02. The molecule has 0 bridgehead atoms. The van der Waals surface area contributed by atoms with Gasteiger partial charge in [0.05, 0.1) is 6.04 Å². The van der Waals surface area contributed by atoms with E-state index in [1.54, 1.807) is 5.57 Å². The van der Waals surface area contributed by atoms with Crippen molar-refractivity contribution in [2.24, 2.45) is 11.7 Å². The van der Waals surface area contributed by atoms with Gasteiger partial charge in [0, 0.05) is 30.3 Å². The molecule has 7 heteroatoms. The molecule has 3 saturated carbocycles. The van der Waals surface area contributed by atoms with Crippen LogP contribution < -0.4 is 11.1 Å². The monoisotopic (exact) mass is 390 g/mol. The number of nitrogens with zero attached hydrogens (tertiary/aromatic N) is 2. The zero-order chi connectivity index (χ0) is 19.4. The Labute approximate surface area is 163 Å². The van der Waals surface area contributed by atoms with Crippen LogP contribution in [0.3, 0.4) is 0 Å². The van der Waals surface area contributed by atoms with Crippen LogP contribution in [0.25, 0.3) is 0 Å². The van der Waals surface area contributed by atoms with E-state index in [2.05, 4.69) is 33.7 Å². The lowest BCUT2D eigenvalue weighted by molar-refractivity contribution is -0.0612. The molecule has 1 aromatic rings. The first-order chi connectivity index (χ1) is 13.5. The quantitative estimate of drug-likeness (QED) is 0.776. The first kappa shape index (κ1) is 18.4. The van der Waals surface area contributed by atoms with E-state index in [1.807, 2.05) is 0 Å². The smallest absolute Gasteiger partial charge is 0.263 e. The average Bonchev–Trinajstić information content (AvgIpc) is 3.60. The summed E-state index contributed by atoms with van der Waals surface area (Å²) in [7, 11) is 0. The van der Waals surface area contributed by atoms with E-state index in [4.69, 9.17) is 10.3 Å². The van der Waals surface area contributed by atoms with Crippen LogP contribution in [0.2, 0.25) is 0 Å². The molecule has 0 spiro atoms. The largest absolute Gasteiger partial charge is 0.339 e. The minimum absolute atomic E-state index is 0.0800. The molecule has 1 aromatic heterocycles. The number of halogens is 2. The van der Waals surface area contributed by atoms with Gasteiger partial charge in [0.15, 0.2) is 5.82 Å². The van der Waals surface area contributed by atoms with Gasteiger partial charge in [-0.25, -0.2) is 8.78 Å². The molecule has 4 atom stereocenters. The van der Waals surface area contributed by atoms with Crippen molar-refractivity contribution in [3.63, 3.8) is 0 Å². The van der Waals surface area contributed by atoms with Crippen LogP contribution in [0.4, 0.5) is 8.78 Å². The van der Waals surface area contributed by atoms with Gasteiger partial charge in [0.1, 0.15) is 0 Å². The van der Waals surface area contributed by atoms with E-state index in [1.165, 1.54) is 12.8 Å². The highest BCUT2D eigenvalue weighted by Gasteiger charge is 2.51. The van der Waals surface area contributed by atoms with Crippen molar-refractivity contribution in [2.75, 3.05) is 6.54 Å². The molecule has 4 aliphatic rings. The second kappa shape index (κ2) is 6.73. The van der Waals surface area contributed by atoms with Gasteiger partial charge in [-0.15, -0.1) is 0 Å². The van der Waals surface area contributed by atoms with Gasteiger partial charge in [0.25, 0.3) is 5.92 Å². The molecule has 0 radical (unpaired) electrons. The third kappa shape index (κ3) is 3.43. The van der Waals surface area contributed by atoms with Crippen molar-refractivity contribution in [1.82, 2.24) is 15.5 Å². The predicted molar refractivity (Wildman–Crippen MR) is 101 cm³/mol. The lowest BCUT2D eigenvalue weighted by Crippen LogP contribution is -2.45. The summed E-state index contributed by atoms with van der Waals surface area (Å²) in [5, 5.41) is 7.87. The average molecular weight is 390 g/mol. The van der Waals surface area contributed by atoms with E-state index in [9.17, 15) is 8.78 Å². The molecule has 0 saturated heterocycles. The molecule has 1 heterocycles. The number of nitrogens with one attached hydrogen (secondary N) is 1. The van der Waals surface area contributed by atoms with Crippen LogP contribution in [-0.4, -0.2) is 34.7 Å². The maximum absolute atomic E-state index is 14.0.